The number of carbonyl (C=O) groups is 2. The highest BCUT2D eigenvalue weighted by atomic mass is 35.5. The number of nitrogens with zero attached hydrogens (tertiary/aromatic N) is 1. The Hall–Kier alpha value is -3.73. The average molecular weight is 653 g/mol. The molecule has 0 bridgehead atoms. The Morgan fingerprint density at radius 3 is 2.41 bits per heavy atom. The number of carbonyl (C=O) groups excluding carboxylic acids is 2. The van der Waals surface area contributed by atoms with Crippen LogP contribution in [-0.2, 0) is 10.4 Å². The van der Waals surface area contributed by atoms with Crippen LogP contribution in [0.3, 0.4) is 0 Å². The molecule has 244 valence electrons. The molecule has 0 radical (unpaired) electrons. The molecule has 1 saturated carbocycles. The van der Waals surface area contributed by atoms with E-state index in [0.717, 1.165) is 44.3 Å². The number of halogens is 3. The lowest BCUT2D eigenvalue weighted by Crippen LogP contribution is -2.55. The van der Waals surface area contributed by atoms with Crippen molar-refractivity contribution in [1.29, 1.82) is 0 Å². The number of methoxy groups -OCH3 is 1. The minimum Gasteiger partial charge on any atom is -0.494 e. The van der Waals surface area contributed by atoms with E-state index in [0.29, 0.717) is 24.6 Å². The van der Waals surface area contributed by atoms with E-state index < -0.39 is 29.1 Å². The first kappa shape index (κ1) is 32.2. The number of amides is 2. The minimum absolute atomic E-state index is 0.00839. The second kappa shape index (κ2) is 12.8. The number of nitrogens with one attached hydrogen (secondary N) is 1. The van der Waals surface area contributed by atoms with Gasteiger partial charge in [-0.15, -0.1) is 0 Å². The first-order valence-corrected chi connectivity index (χ1v) is 16.1. The molecule has 8 nitrogen and oxygen atoms in total. The summed E-state index contributed by atoms with van der Waals surface area (Å²) in [7, 11) is 1.30. The van der Waals surface area contributed by atoms with Crippen LogP contribution >= 0.6 is 11.6 Å². The largest absolute Gasteiger partial charge is 0.494 e. The summed E-state index contributed by atoms with van der Waals surface area (Å²) in [6, 6.07) is 13.6. The molecule has 6 rings (SSSR count). The maximum Gasteiger partial charge on any atom is 0.249 e. The first-order valence-electron chi connectivity index (χ1n) is 15.7. The van der Waals surface area contributed by atoms with Crippen molar-refractivity contribution >= 4 is 23.4 Å². The maximum atomic E-state index is 16.0. The Labute approximate surface area is 272 Å². The number of fused-ring (bicyclic) bond motifs is 1. The molecule has 2 amide bonds. The van der Waals surface area contributed by atoms with E-state index in [-0.39, 0.29) is 51.1 Å². The van der Waals surface area contributed by atoms with Crippen molar-refractivity contribution in [3.05, 3.63) is 81.9 Å². The van der Waals surface area contributed by atoms with E-state index >= 15 is 8.78 Å². The molecule has 5 N–H and O–H groups in total. The van der Waals surface area contributed by atoms with Crippen LogP contribution in [0.2, 0.25) is 5.02 Å². The van der Waals surface area contributed by atoms with E-state index in [4.69, 9.17) is 32.5 Å². The van der Waals surface area contributed by atoms with Crippen LogP contribution in [0.4, 0.5) is 8.78 Å². The van der Waals surface area contributed by atoms with Crippen molar-refractivity contribution in [2.24, 2.45) is 23.3 Å². The summed E-state index contributed by atoms with van der Waals surface area (Å²) in [5.74, 6) is -2.37. The molecule has 11 heteroatoms. The zero-order valence-corrected chi connectivity index (χ0v) is 26.7. The molecule has 46 heavy (non-hydrogen) atoms. The molecule has 3 aliphatic rings. The summed E-state index contributed by atoms with van der Waals surface area (Å²) in [6.45, 7) is 4.38. The van der Waals surface area contributed by atoms with Crippen LogP contribution in [0, 0.1) is 23.5 Å². The molecule has 2 atom stereocenters. The summed E-state index contributed by atoms with van der Waals surface area (Å²) in [5, 5.41) is 3.34. The van der Waals surface area contributed by atoms with Gasteiger partial charge in [0.05, 0.1) is 17.7 Å². The Bertz CT molecular complexity index is 1640. The lowest BCUT2D eigenvalue weighted by atomic mass is 9.77. The Morgan fingerprint density at radius 1 is 1.09 bits per heavy atom. The van der Waals surface area contributed by atoms with Gasteiger partial charge in [0.1, 0.15) is 11.6 Å². The molecule has 1 saturated heterocycles. The average Bonchev–Trinajstić information content (AvgIpc) is 3.32. The number of rotatable bonds is 9. The molecular formula is C35H39ClF2N4O4. The predicted molar refractivity (Wildman–Crippen MR) is 172 cm³/mol. The fraction of sp³-hybridized carbons (Fsp3) is 0.429. The van der Waals surface area contributed by atoms with Gasteiger partial charge in [0.15, 0.2) is 17.2 Å². The highest BCUT2D eigenvalue weighted by Crippen LogP contribution is 2.56. The summed E-state index contributed by atoms with van der Waals surface area (Å²) < 4.78 is 43.4. The van der Waals surface area contributed by atoms with Gasteiger partial charge >= 0.3 is 0 Å². The first-order chi connectivity index (χ1) is 22.1. The quantitative estimate of drug-likeness (QED) is 0.287. The second-order valence-electron chi connectivity index (χ2n) is 12.7. The Balaban J connectivity index is 1.32. The number of hydrogen-bond acceptors (Lipinski definition) is 6. The van der Waals surface area contributed by atoms with Crippen molar-refractivity contribution in [3.8, 4) is 22.6 Å². The second-order valence-corrected chi connectivity index (χ2v) is 13.1. The Kier molecular flexibility index (Phi) is 8.98. The van der Waals surface area contributed by atoms with Crippen molar-refractivity contribution in [3.63, 3.8) is 0 Å². The van der Waals surface area contributed by atoms with Crippen molar-refractivity contribution in [2.75, 3.05) is 33.3 Å². The topological polar surface area (TPSA) is 120 Å². The zero-order valence-electron chi connectivity index (χ0n) is 26.0. The smallest absolute Gasteiger partial charge is 0.249 e. The van der Waals surface area contributed by atoms with Gasteiger partial charge < -0.3 is 31.2 Å². The minimum atomic E-state index is -1.03. The number of benzene rings is 3. The number of nitrogens with two attached hydrogens (primary N) is 2. The van der Waals surface area contributed by atoms with Crippen LogP contribution in [-0.4, -0.2) is 56.0 Å². The van der Waals surface area contributed by atoms with E-state index in [1.54, 1.807) is 0 Å². The van der Waals surface area contributed by atoms with Gasteiger partial charge in [-0.1, -0.05) is 48.9 Å². The van der Waals surface area contributed by atoms with E-state index in [2.05, 4.69) is 5.32 Å². The van der Waals surface area contributed by atoms with Crippen LogP contribution in [0.1, 0.15) is 60.0 Å². The van der Waals surface area contributed by atoms with Gasteiger partial charge in [0.25, 0.3) is 0 Å². The lowest BCUT2D eigenvalue weighted by molar-refractivity contribution is -0.143. The van der Waals surface area contributed by atoms with Gasteiger partial charge in [0.2, 0.25) is 11.8 Å². The van der Waals surface area contributed by atoms with Crippen molar-refractivity contribution in [2.45, 2.75) is 50.2 Å². The van der Waals surface area contributed by atoms with E-state index in [1.165, 1.54) is 25.3 Å². The van der Waals surface area contributed by atoms with Crippen LogP contribution in [0.25, 0.3) is 11.1 Å². The monoisotopic (exact) mass is 652 g/mol. The standard InChI is InChI=1S/C35H39ClF2N4O4/c1-19-28-27(14-25(37)31(36)30(28)29-24(33(40)43)12-13-26(45-2)32(29)38)46-35(19,22-6-4-3-5-7-22)18-41-23-10-8-21(9-11-23)34(44)42-16-20(15-39)17-42/h3-7,12-14,19-21,23,41H,8-11,15-18,39H2,1-2H3,(H2,40,43)/t19-,21?,23?,35-/m0/s1. The zero-order chi connectivity index (χ0) is 32.7. The van der Waals surface area contributed by atoms with Gasteiger partial charge in [0, 0.05) is 66.2 Å². The molecule has 2 heterocycles. The molecule has 2 aliphatic heterocycles. The molecule has 3 aromatic rings. The summed E-state index contributed by atoms with van der Waals surface area (Å²) >= 11 is 6.61. The normalized spacial score (nSPS) is 24.2. The van der Waals surface area contributed by atoms with Crippen LogP contribution in [0.15, 0.2) is 48.5 Å². The fourth-order valence-corrected chi connectivity index (χ4v) is 7.63. The number of primary amides is 1. The fourth-order valence-electron chi connectivity index (χ4n) is 7.38. The Morgan fingerprint density at radius 2 is 1.78 bits per heavy atom. The van der Waals surface area contributed by atoms with Crippen molar-refractivity contribution < 1.29 is 27.8 Å². The van der Waals surface area contributed by atoms with Gasteiger partial charge in [-0.05, 0) is 49.9 Å². The number of ether oxygens (including phenoxy) is 2. The number of likely N-dealkylation sites (tertiary alicyclic amines) is 1. The molecule has 1 aliphatic carbocycles. The molecule has 3 aromatic carbocycles. The van der Waals surface area contributed by atoms with Crippen molar-refractivity contribution in [1.82, 2.24) is 10.2 Å². The molecule has 0 aromatic heterocycles. The summed E-state index contributed by atoms with van der Waals surface area (Å²) in [5.41, 5.74) is 11.3. The SMILES string of the molecule is COc1ccc(C(N)=O)c(-c2c(Cl)c(F)cc3c2[C@H](C)[C@@](CNC2CCC(C(=O)N4CC(CN)C4)CC2)(c2ccccc2)O3)c1F. The predicted octanol–water partition coefficient (Wildman–Crippen LogP) is 5.35. The third-order valence-electron chi connectivity index (χ3n) is 10.1. The third kappa shape index (κ3) is 5.50. The van der Waals surface area contributed by atoms with E-state index in [9.17, 15) is 9.59 Å². The summed E-state index contributed by atoms with van der Waals surface area (Å²) in [6.07, 6.45) is 3.20. The van der Waals surface area contributed by atoms with Gasteiger partial charge in [-0.2, -0.15) is 0 Å². The highest BCUT2D eigenvalue weighted by molar-refractivity contribution is 6.34. The van der Waals surface area contributed by atoms with Gasteiger partial charge in [-0.25, -0.2) is 8.78 Å². The lowest BCUT2D eigenvalue weighted by Gasteiger charge is -2.42. The van der Waals surface area contributed by atoms with Crippen LogP contribution in [0.5, 0.6) is 11.5 Å². The number of hydrogen-bond donors (Lipinski definition) is 3. The van der Waals surface area contributed by atoms with E-state index in [1.807, 2.05) is 42.2 Å². The maximum absolute atomic E-state index is 16.0. The summed E-state index contributed by atoms with van der Waals surface area (Å²) in [4.78, 5) is 27.4. The highest BCUT2D eigenvalue weighted by Gasteiger charge is 2.50. The van der Waals surface area contributed by atoms with Gasteiger partial charge in [-0.3, -0.25) is 9.59 Å². The molecule has 0 spiro atoms. The third-order valence-corrected chi connectivity index (χ3v) is 10.5. The molecule has 0 unspecified atom stereocenters. The molecule has 2 fully saturated rings. The van der Waals surface area contributed by atoms with Crippen LogP contribution < -0.4 is 26.3 Å². The molecular weight excluding hydrogens is 614 g/mol.